The third-order valence-electron chi connectivity index (χ3n) is 3.85. The van der Waals surface area contributed by atoms with Crippen molar-refractivity contribution in [3.8, 4) is 18.1 Å². The second-order valence-corrected chi connectivity index (χ2v) is 5.41. The monoisotopic (exact) mass is 287 g/mol. The Bertz CT molecular complexity index is 516. The quantitative estimate of drug-likeness (QED) is 0.861. The SMILES string of the molecule is C#CCOc1ccc(C(=O)N2CCCC(C(C)O)C2)cc1. The van der Waals surface area contributed by atoms with Gasteiger partial charge in [0.05, 0.1) is 6.10 Å². The van der Waals surface area contributed by atoms with Crippen molar-refractivity contribution in [3.63, 3.8) is 0 Å². The lowest BCUT2D eigenvalue weighted by molar-refractivity contribution is 0.0466. The second-order valence-electron chi connectivity index (χ2n) is 5.41. The lowest BCUT2D eigenvalue weighted by atomic mass is 9.93. The van der Waals surface area contributed by atoms with Gasteiger partial charge in [0.25, 0.3) is 5.91 Å². The minimum atomic E-state index is -0.375. The average Bonchev–Trinajstić information content (AvgIpc) is 2.53. The molecule has 2 rings (SSSR count). The van der Waals surface area contributed by atoms with E-state index in [1.54, 1.807) is 31.2 Å². The molecule has 4 heteroatoms. The number of rotatable bonds is 4. The number of hydrogen-bond donors (Lipinski definition) is 1. The Labute approximate surface area is 125 Å². The molecule has 2 atom stereocenters. The number of ether oxygens (including phenoxy) is 1. The van der Waals surface area contributed by atoms with Crippen LogP contribution in [0.2, 0.25) is 0 Å². The van der Waals surface area contributed by atoms with Crippen molar-refractivity contribution in [1.82, 2.24) is 4.90 Å². The zero-order chi connectivity index (χ0) is 15.2. The van der Waals surface area contributed by atoms with Crippen molar-refractivity contribution in [2.24, 2.45) is 5.92 Å². The van der Waals surface area contributed by atoms with Crippen molar-refractivity contribution >= 4 is 5.91 Å². The van der Waals surface area contributed by atoms with Crippen LogP contribution in [-0.2, 0) is 0 Å². The van der Waals surface area contributed by atoms with E-state index in [1.807, 2.05) is 4.90 Å². The van der Waals surface area contributed by atoms with Gasteiger partial charge in [-0.3, -0.25) is 4.79 Å². The number of terminal acetylenes is 1. The van der Waals surface area contributed by atoms with Crippen LogP contribution in [0.5, 0.6) is 5.75 Å². The summed E-state index contributed by atoms with van der Waals surface area (Å²) in [4.78, 5) is 14.3. The highest BCUT2D eigenvalue weighted by Crippen LogP contribution is 2.22. The molecule has 0 saturated carbocycles. The van der Waals surface area contributed by atoms with E-state index in [0.717, 1.165) is 19.4 Å². The summed E-state index contributed by atoms with van der Waals surface area (Å²) in [7, 11) is 0. The van der Waals surface area contributed by atoms with Gasteiger partial charge in [0, 0.05) is 24.6 Å². The van der Waals surface area contributed by atoms with Crippen LogP contribution in [0, 0.1) is 18.3 Å². The molecule has 1 aliphatic rings. The van der Waals surface area contributed by atoms with Gasteiger partial charge in [-0.2, -0.15) is 0 Å². The lowest BCUT2D eigenvalue weighted by Gasteiger charge is -2.34. The summed E-state index contributed by atoms with van der Waals surface area (Å²) in [6.07, 6.45) is 6.67. The van der Waals surface area contributed by atoms with Gasteiger partial charge in [0.1, 0.15) is 12.4 Å². The maximum Gasteiger partial charge on any atom is 0.253 e. The average molecular weight is 287 g/mol. The van der Waals surface area contributed by atoms with Crippen molar-refractivity contribution < 1.29 is 14.6 Å². The summed E-state index contributed by atoms with van der Waals surface area (Å²) in [5, 5.41) is 9.70. The third kappa shape index (κ3) is 3.99. The summed E-state index contributed by atoms with van der Waals surface area (Å²) in [6, 6.07) is 7.00. The molecular formula is C17H21NO3. The molecule has 0 aliphatic carbocycles. The second kappa shape index (κ2) is 7.14. The van der Waals surface area contributed by atoms with E-state index in [2.05, 4.69) is 5.92 Å². The molecule has 0 spiro atoms. The van der Waals surface area contributed by atoms with Gasteiger partial charge in [0.2, 0.25) is 0 Å². The van der Waals surface area contributed by atoms with Crippen LogP contribution in [0.1, 0.15) is 30.1 Å². The van der Waals surface area contributed by atoms with Gasteiger partial charge < -0.3 is 14.7 Å². The van der Waals surface area contributed by atoms with Crippen LogP contribution in [0.25, 0.3) is 0 Å². The smallest absolute Gasteiger partial charge is 0.253 e. The van der Waals surface area contributed by atoms with E-state index in [9.17, 15) is 9.90 Å². The highest BCUT2D eigenvalue weighted by atomic mass is 16.5. The first-order valence-corrected chi connectivity index (χ1v) is 7.25. The fraction of sp³-hybridized carbons (Fsp3) is 0.471. The third-order valence-corrected chi connectivity index (χ3v) is 3.85. The van der Waals surface area contributed by atoms with Gasteiger partial charge in [-0.25, -0.2) is 0 Å². The maximum absolute atomic E-state index is 12.5. The lowest BCUT2D eigenvalue weighted by Crippen LogP contribution is -2.42. The molecule has 1 aliphatic heterocycles. The highest BCUT2D eigenvalue weighted by Gasteiger charge is 2.26. The van der Waals surface area contributed by atoms with Gasteiger partial charge in [0.15, 0.2) is 0 Å². The number of amides is 1. The predicted octanol–water partition coefficient (Wildman–Crippen LogP) is 1.93. The largest absolute Gasteiger partial charge is 0.481 e. The van der Waals surface area contributed by atoms with Crippen LogP contribution in [-0.4, -0.2) is 41.7 Å². The van der Waals surface area contributed by atoms with E-state index in [-0.39, 0.29) is 24.5 Å². The molecule has 1 aromatic carbocycles. The van der Waals surface area contributed by atoms with Crippen LogP contribution < -0.4 is 4.74 Å². The number of piperidine rings is 1. The summed E-state index contributed by atoms with van der Waals surface area (Å²) in [5.41, 5.74) is 0.634. The van der Waals surface area contributed by atoms with Crippen molar-refractivity contribution in [2.45, 2.75) is 25.9 Å². The Morgan fingerprint density at radius 2 is 2.24 bits per heavy atom. The first-order valence-electron chi connectivity index (χ1n) is 7.25. The van der Waals surface area contributed by atoms with Gasteiger partial charge >= 0.3 is 0 Å². The number of likely N-dealkylation sites (tertiary alicyclic amines) is 1. The highest BCUT2D eigenvalue weighted by molar-refractivity contribution is 5.94. The topological polar surface area (TPSA) is 49.8 Å². The number of nitrogens with zero attached hydrogens (tertiary/aromatic N) is 1. The number of carbonyl (C=O) groups excluding carboxylic acids is 1. The van der Waals surface area contributed by atoms with Gasteiger partial charge in [-0.15, -0.1) is 6.42 Å². The predicted molar refractivity (Wildman–Crippen MR) is 81.1 cm³/mol. The first kappa shape index (κ1) is 15.4. The van der Waals surface area contributed by atoms with E-state index < -0.39 is 0 Å². The Balaban J connectivity index is 2.00. The number of benzene rings is 1. The van der Waals surface area contributed by atoms with Crippen molar-refractivity contribution in [2.75, 3.05) is 19.7 Å². The number of aliphatic hydroxyl groups is 1. The molecule has 1 aromatic rings. The Kier molecular flexibility index (Phi) is 5.24. The zero-order valence-electron chi connectivity index (χ0n) is 12.3. The van der Waals surface area contributed by atoms with E-state index >= 15 is 0 Å². The zero-order valence-corrected chi connectivity index (χ0v) is 12.3. The normalized spacial score (nSPS) is 19.7. The fourth-order valence-electron chi connectivity index (χ4n) is 2.59. The summed E-state index contributed by atoms with van der Waals surface area (Å²) >= 11 is 0. The number of hydrogen-bond acceptors (Lipinski definition) is 3. The van der Waals surface area contributed by atoms with Crippen LogP contribution >= 0.6 is 0 Å². The summed E-state index contributed by atoms with van der Waals surface area (Å²) in [6.45, 7) is 3.37. The minimum Gasteiger partial charge on any atom is -0.481 e. The Hall–Kier alpha value is -1.99. The molecular weight excluding hydrogens is 266 g/mol. The van der Waals surface area contributed by atoms with Crippen molar-refractivity contribution in [1.29, 1.82) is 0 Å². The summed E-state index contributed by atoms with van der Waals surface area (Å²) < 4.78 is 5.29. The molecule has 0 radical (unpaired) electrons. The molecule has 1 heterocycles. The van der Waals surface area contributed by atoms with Crippen LogP contribution in [0.3, 0.4) is 0 Å². The molecule has 112 valence electrons. The van der Waals surface area contributed by atoms with E-state index in [4.69, 9.17) is 11.2 Å². The maximum atomic E-state index is 12.5. The molecule has 2 unspecified atom stereocenters. The van der Waals surface area contributed by atoms with Gasteiger partial charge in [-0.1, -0.05) is 5.92 Å². The molecule has 0 aromatic heterocycles. The van der Waals surface area contributed by atoms with Crippen molar-refractivity contribution in [3.05, 3.63) is 29.8 Å². The molecule has 1 N–H and O–H groups in total. The minimum absolute atomic E-state index is 0.00356. The van der Waals surface area contributed by atoms with E-state index in [1.165, 1.54) is 0 Å². The Morgan fingerprint density at radius 3 is 2.86 bits per heavy atom. The number of aliphatic hydroxyl groups excluding tert-OH is 1. The first-order chi connectivity index (χ1) is 10.1. The Morgan fingerprint density at radius 1 is 1.52 bits per heavy atom. The fourth-order valence-corrected chi connectivity index (χ4v) is 2.59. The molecule has 1 fully saturated rings. The molecule has 1 amide bonds. The molecule has 0 bridgehead atoms. The van der Waals surface area contributed by atoms with E-state index in [0.29, 0.717) is 17.9 Å². The molecule has 21 heavy (non-hydrogen) atoms. The molecule has 4 nitrogen and oxygen atoms in total. The number of carbonyl (C=O) groups is 1. The van der Waals surface area contributed by atoms with Gasteiger partial charge in [-0.05, 0) is 44.0 Å². The van der Waals surface area contributed by atoms with Crippen LogP contribution in [0.15, 0.2) is 24.3 Å². The molecule has 1 saturated heterocycles. The van der Waals surface area contributed by atoms with Crippen LogP contribution in [0.4, 0.5) is 0 Å². The standard InChI is InChI=1S/C17H21NO3/c1-3-11-21-16-8-6-14(7-9-16)17(20)18-10-4-5-15(12-18)13(2)19/h1,6-9,13,15,19H,4-5,10-12H2,2H3. The summed E-state index contributed by atoms with van der Waals surface area (Å²) in [5.74, 6) is 3.23.